The summed E-state index contributed by atoms with van der Waals surface area (Å²) in [5, 5.41) is 0.0989. The van der Waals surface area contributed by atoms with E-state index in [9.17, 15) is 22.4 Å². The Balaban J connectivity index is 2.36. The SMILES string of the molecule is CCn1c(=O)c(=O)n(Cc2ccc(F)cc2Cl)c2cc(S(=O)(=O)N(C)C)ccc21. The summed E-state index contributed by atoms with van der Waals surface area (Å²) in [5.74, 6) is -0.531. The smallest absolute Gasteiger partial charge is 0.302 e. The van der Waals surface area contributed by atoms with Crippen LogP contribution in [0.25, 0.3) is 11.0 Å². The van der Waals surface area contributed by atoms with Gasteiger partial charge in [-0.25, -0.2) is 17.1 Å². The molecule has 1 heterocycles. The molecule has 0 aliphatic heterocycles. The molecule has 0 fully saturated rings. The van der Waals surface area contributed by atoms with E-state index in [0.717, 1.165) is 14.9 Å². The molecule has 154 valence electrons. The van der Waals surface area contributed by atoms with Crippen LogP contribution in [0.3, 0.4) is 0 Å². The summed E-state index contributed by atoms with van der Waals surface area (Å²) in [4.78, 5) is 25.3. The Morgan fingerprint density at radius 2 is 1.66 bits per heavy atom. The molecule has 0 saturated heterocycles. The Morgan fingerprint density at radius 3 is 2.24 bits per heavy atom. The van der Waals surface area contributed by atoms with Crippen molar-refractivity contribution in [3.05, 3.63) is 73.5 Å². The van der Waals surface area contributed by atoms with Gasteiger partial charge in [-0.2, -0.15) is 0 Å². The van der Waals surface area contributed by atoms with Crippen molar-refractivity contribution in [3.8, 4) is 0 Å². The van der Waals surface area contributed by atoms with Crippen molar-refractivity contribution in [2.45, 2.75) is 24.9 Å². The van der Waals surface area contributed by atoms with Gasteiger partial charge in [-0.3, -0.25) is 14.2 Å². The van der Waals surface area contributed by atoms with Crippen LogP contribution < -0.4 is 11.1 Å². The highest BCUT2D eigenvalue weighted by Gasteiger charge is 2.20. The molecule has 0 aliphatic rings. The normalized spacial score (nSPS) is 12.1. The maximum Gasteiger partial charge on any atom is 0.317 e. The van der Waals surface area contributed by atoms with E-state index in [2.05, 4.69) is 0 Å². The fraction of sp³-hybridized carbons (Fsp3) is 0.263. The Labute approximate surface area is 171 Å². The fourth-order valence-corrected chi connectivity index (χ4v) is 4.21. The fourth-order valence-electron chi connectivity index (χ4n) is 3.06. The number of aryl methyl sites for hydroxylation is 1. The molecule has 29 heavy (non-hydrogen) atoms. The van der Waals surface area contributed by atoms with Gasteiger partial charge in [-0.1, -0.05) is 17.7 Å². The third kappa shape index (κ3) is 3.73. The van der Waals surface area contributed by atoms with E-state index in [1.165, 1.54) is 49.0 Å². The lowest BCUT2D eigenvalue weighted by atomic mass is 10.2. The lowest BCUT2D eigenvalue weighted by molar-refractivity contribution is 0.520. The van der Waals surface area contributed by atoms with E-state index in [4.69, 9.17) is 11.6 Å². The first-order chi connectivity index (χ1) is 13.6. The van der Waals surface area contributed by atoms with Gasteiger partial charge in [0, 0.05) is 25.7 Å². The molecule has 3 rings (SSSR count). The van der Waals surface area contributed by atoms with Crippen molar-refractivity contribution in [2.75, 3.05) is 14.1 Å². The number of benzene rings is 2. The minimum absolute atomic E-state index is 0.0188. The van der Waals surface area contributed by atoms with Crippen molar-refractivity contribution < 1.29 is 12.8 Å². The van der Waals surface area contributed by atoms with Gasteiger partial charge in [0.25, 0.3) is 0 Å². The van der Waals surface area contributed by atoms with Gasteiger partial charge in [0.05, 0.1) is 22.5 Å². The number of hydrogen-bond donors (Lipinski definition) is 0. The number of nitrogens with zero attached hydrogens (tertiary/aromatic N) is 3. The second-order valence-corrected chi connectivity index (χ2v) is 9.17. The monoisotopic (exact) mass is 439 g/mol. The maximum absolute atomic E-state index is 13.4. The first-order valence-corrected chi connectivity index (χ1v) is 10.5. The number of sulfonamides is 1. The van der Waals surface area contributed by atoms with Gasteiger partial charge in [0.15, 0.2) is 0 Å². The molecule has 0 radical (unpaired) electrons. The Bertz CT molecular complexity index is 1330. The molecule has 0 amide bonds. The number of halogens is 2. The van der Waals surface area contributed by atoms with Crippen LogP contribution in [0.15, 0.2) is 50.9 Å². The van der Waals surface area contributed by atoms with E-state index in [1.54, 1.807) is 6.92 Å². The summed E-state index contributed by atoms with van der Waals surface area (Å²) in [7, 11) is -0.958. The Kier molecular flexibility index (Phi) is 5.66. The Morgan fingerprint density at radius 1 is 1.00 bits per heavy atom. The summed E-state index contributed by atoms with van der Waals surface area (Å²) >= 11 is 6.09. The van der Waals surface area contributed by atoms with Crippen LogP contribution in [0.1, 0.15) is 12.5 Å². The zero-order valence-electron chi connectivity index (χ0n) is 16.0. The molecule has 0 atom stereocenters. The topological polar surface area (TPSA) is 81.4 Å². The zero-order chi connectivity index (χ0) is 21.5. The number of hydrogen-bond acceptors (Lipinski definition) is 4. The van der Waals surface area contributed by atoms with Gasteiger partial charge in [-0.05, 0) is 42.8 Å². The van der Waals surface area contributed by atoms with Crippen LogP contribution in [0.2, 0.25) is 5.02 Å². The molecule has 3 aromatic rings. The summed E-state index contributed by atoms with van der Waals surface area (Å²) in [6, 6.07) is 7.97. The molecular formula is C19H19ClFN3O4S. The average Bonchev–Trinajstić information content (AvgIpc) is 2.66. The van der Waals surface area contributed by atoms with Crippen LogP contribution >= 0.6 is 11.6 Å². The van der Waals surface area contributed by atoms with Crippen LogP contribution in [0.4, 0.5) is 4.39 Å². The molecule has 0 aliphatic carbocycles. The highest BCUT2D eigenvalue weighted by molar-refractivity contribution is 7.89. The highest BCUT2D eigenvalue weighted by Crippen LogP contribution is 2.22. The van der Waals surface area contributed by atoms with Gasteiger partial charge in [0.2, 0.25) is 10.0 Å². The largest absolute Gasteiger partial charge is 0.317 e. The van der Waals surface area contributed by atoms with Gasteiger partial charge < -0.3 is 4.57 Å². The van der Waals surface area contributed by atoms with Crippen molar-refractivity contribution >= 4 is 32.7 Å². The molecular weight excluding hydrogens is 421 g/mol. The Hall–Kier alpha value is -2.49. The average molecular weight is 440 g/mol. The minimum Gasteiger partial charge on any atom is -0.302 e. The summed E-state index contributed by atoms with van der Waals surface area (Å²) in [5.41, 5.74) is -0.459. The maximum atomic E-state index is 13.4. The zero-order valence-corrected chi connectivity index (χ0v) is 17.6. The molecule has 0 saturated carbocycles. The lowest BCUT2D eigenvalue weighted by Gasteiger charge is -2.17. The van der Waals surface area contributed by atoms with Crippen molar-refractivity contribution in [1.29, 1.82) is 0 Å². The second-order valence-electron chi connectivity index (χ2n) is 6.61. The van der Waals surface area contributed by atoms with Crippen LogP contribution in [-0.4, -0.2) is 36.0 Å². The first-order valence-electron chi connectivity index (χ1n) is 8.71. The van der Waals surface area contributed by atoms with E-state index in [-0.39, 0.29) is 28.5 Å². The molecule has 7 nitrogen and oxygen atoms in total. The van der Waals surface area contributed by atoms with E-state index < -0.39 is 27.0 Å². The number of rotatable bonds is 5. The van der Waals surface area contributed by atoms with E-state index in [1.807, 2.05) is 0 Å². The summed E-state index contributed by atoms with van der Waals surface area (Å²) in [6.45, 7) is 1.84. The molecule has 0 unspecified atom stereocenters. The van der Waals surface area contributed by atoms with Crippen molar-refractivity contribution in [3.63, 3.8) is 0 Å². The molecule has 10 heteroatoms. The number of fused-ring (bicyclic) bond motifs is 1. The lowest BCUT2D eigenvalue weighted by Crippen LogP contribution is -2.41. The summed E-state index contributed by atoms with van der Waals surface area (Å²) < 4.78 is 42.0. The van der Waals surface area contributed by atoms with Crippen molar-refractivity contribution in [1.82, 2.24) is 13.4 Å². The molecule has 0 bridgehead atoms. The first kappa shape index (κ1) is 21.2. The molecule has 2 aromatic carbocycles. The molecule has 1 aromatic heterocycles. The highest BCUT2D eigenvalue weighted by atomic mass is 35.5. The van der Waals surface area contributed by atoms with Crippen LogP contribution in [0.5, 0.6) is 0 Å². The van der Waals surface area contributed by atoms with Gasteiger partial charge in [-0.15, -0.1) is 0 Å². The molecule has 0 N–H and O–H groups in total. The van der Waals surface area contributed by atoms with Gasteiger partial charge in [0.1, 0.15) is 5.82 Å². The quantitative estimate of drug-likeness (QED) is 0.571. The van der Waals surface area contributed by atoms with E-state index in [0.29, 0.717) is 11.1 Å². The van der Waals surface area contributed by atoms with Crippen LogP contribution in [0, 0.1) is 5.82 Å². The van der Waals surface area contributed by atoms with Crippen molar-refractivity contribution in [2.24, 2.45) is 0 Å². The third-order valence-electron chi connectivity index (χ3n) is 4.64. The number of aromatic nitrogens is 2. The standard InChI is InChI=1S/C19H19ClFN3O4S/c1-4-23-16-8-7-14(29(27,28)22(2)3)10-17(16)24(19(26)18(23)25)11-12-5-6-13(21)9-15(12)20/h5-10H,4,11H2,1-3H3. The van der Waals surface area contributed by atoms with Gasteiger partial charge >= 0.3 is 11.1 Å². The summed E-state index contributed by atoms with van der Waals surface area (Å²) in [6.07, 6.45) is 0. The minimum atomic E-state index is -3.76. The third-order valence-corrected chi connectivity index (χ3v) is 6.80. The predicted octanol–water partition coefficient (Wildman–Crippen LogP) is 2.27. The van der Waals surface area contributed by atoms with Crippen LogP contribution in [-0.2, 0) is 23.1 Å². The molecule has 0 spiro atoms. The second kappa shape index (κ2) is 7.74. The predicted molar refractivity (Wildman–Crippen MR) is 110 cm³/mol. The van der Waals surface area contributed by atoms with E-state index >= 15 is 0 Å².